The van der Waals surface area contributed by atoms with Crippen LogP contribution in [0.25, 0.3) is 0 Å². The van der Waals surface area contributed by atoms with Crippen LogP contribution in [0.5, 0.6) is 11.5 Å². The Hall–Kier alpha value is -3.80. The zero-order valence-electron chi connectivity index (χ0n) is 16.3. The fraction of sp³-hybridized carbons (Fsp3) is 0.158. The van der Waals surface area contributed by atoms with Gasteiger partial charge in [-0.05, 0) is 49.4 Å². The summed E-state index contributed by atoms with van der Waals surface area (Å²) in [5, 5.41) is 15.2. The van der Waals surface area contributed by atoms with Crippen molar-refractivity contribution in [2.24, 2.45) is 5.10 Å². The fourth-order valence-corrected chi connectivity index (χ4v) is 3.29. The lowest BCUT2D eigenvalue weighted by molar-refractivity contribution is -0.113. The average molecular weight is 443 g/mol. The van der Waals surface area contributed by atoms with Crippen molar-refractivity contribution in [2.75, 3.05) is 29.1 Å². The van der Waals surface area contributed by atoms with E-state index in [9.17, 15) is 9.18 Å². The number of carbonyl (C=O) groups is 1. The molecule has 0 spiro atoms. The number of nitrogens with zero attached hydrogens (tertiary/aromatic N) is 4. The number of nitrogens with one attached hydrogen (secondary N) is 2. The third kappa shape index (κ3) is 4.86. The van der Waals surface area contributed by atoms with Gasteiger partial charge in [0.05, 0.1) is 11.5 Å². The summed E-state index contributed by atoms with van der Waals surface area (Å²) in [5.74, 6) is 6.93. The Balaban J connectivity index is 1.34. The van der Waals surface area contributed by atoms with Crippen molar-refractivity contribution in [3.63, 3.8) is 0 Å². The summed E-state index contributed by atoms with van der Waals surface area (Å²) in [6.07, 6.45) is 0. The lowest BCUT2D eigenvalue weighted by Gasteiger charge is -2.06. The number of aromatic nitrogens is 3. The number of amides is 1. The Kier molecular flexibility index (Phi) is 5.89. The number of nitrogen functional groups attached to an aromatic ring is 1. The smallest absolute Gasteiger partial charge is 0.264 e. The van der Waals surface area contributed by atoms with Gasteiger partial charge in [0.15, 0.2) is 11.5 Å². The molecule has 2 heterocycles. The number of benzene rings is 2. The molecule has 10 nitrogen and oxygen atoms in total. The maximum Gasteiger partial charge on any atom is 0.264 e. The molecule has 2 aromatic carbocycles. The van der Waals surface area contributed by atoms with Gasteiger partial charge in [-0.1, -0.05) is 11.8 Å². The van der Waals surface area contributed by atoms with Crippen molar-refractivity contribution in [1.29, 1.82) is 0 Å². The minimum atomic E-state index is -0.375. The first-order valence-corrected chi connectivity index (χ1v) is 10.1. The van der Waals surface area contributed by atoms with Gasteiger partial charge in [-0.15, -0.1) is 10.2 Å². The van der Waals surface area contributed by atoms with Crippen LogP contribution in [0, 0.1) is 5.82 Å². The van der Waals surface area contributed by atoms with Gasteiger partial charge in [0.2, 0.25) is 17.9 Å². The van der Waals surface area contributed by atoms with E-state index in [0.717, 1.165) is 17.3 Å². The van der Waals surface area contributed by atoms with Crippen LogP contribution in [0.1, 0.15) is 12.5 Å². The molecule has 0 unspecified atom stereocenters. The zero-order valence-corrected chi connectivity index (χ0v) is 17.1. The van der Waals surface area contributed by atoms with E-state index >= 15 is 0 Å². The highest BCUT2D eigenvalue weighted by Gasteiger charge is 2.15. The largest absolute Gasteiger partial charge is 0.454 e. The Bertz CT molecular complexity index is 1130. The lowest BCUT2D eigenvalue weighted by Crippen LogP contribution is -2.17. The number of carbonyl (C=O) groups excluding carboxylic acids is 1. The highest BCUT2D eigenvalue weighted by molar-refractivity contribution is 7.99. The van der Waals surface area contributed by atoms with Crippen molar-refractivity contribution in [2.45, 2.75) is 12.1 Å². The molecule has 0 atom stereocenters. The number of fused-ring (bicyclic) bond motifs is 1. The van der Waals surface area contributed by atoms with E-state index in [1.165, 1.54) is 28.9 Å². The van der Waals surface area contributed by atoms with Crippen molar-refractivity contribution in [3.05, 3.63) is 53.8 Å². The number of halogens is 1. The number of hydrazone groups is 1. The summed E-state index contributed by atoms with van der Waals surface area (Å²) < 4.78 is 24.8. The molecule has 0 bridgehead atoms. The molecule has 160 valence electrons. The quantitative estimate of drug-likeness (QED) is 0.220. The van der Waals surface area contributed by atoms with Gasteiger partial charge in [-0.3, -0.25) is 4.79 Å². The lowest BCUT2D eigenvalue weighted by atomic mass is 10.1. The predicted molar refractivity (Wildman–Crippen MR) is 114 cm³/mol. The third-order valence-electron chi connectivity index (χ3n) is 4.24. The number of thioether (sulfide) groups is 1. The summed E-state index contributed by atoms with van der Waals surface area (Å²) in [6, 6.07) is 11.0. The molecular weight excluding hydrogens is 425 g/mol. The van der Waals surface area contributed by atoms with Crippen LogP contribution in [0.3, 0.4) is 0 Å². The van der Waals surface area contributed by atoms with Crippen LogP contribution in [0.15, 0.2) is 52.7 Å². The molecule has 4 rings (SSSR count). The molecule has 0 saturated heterocycles. The summed E-state index contributed by atoms with van der Waals surface area (Å²) in [6.45, 7) is 2.02. The highest BCUT2D eigenvalue weighted by Crippen LogP contribution is 2.32. The molecule has 1 aliphatic rings. The number of hydrogen-bond acceptors (Lipinski definition) is 9. The Labute approximate surface area is 180 Å². The molecule has 0 saturated carbocycles. The maximum absolute atomic E-state index is 12.9. The van der Waals surface area contributed by atoms with Crippen LogP contribution in [-0.4, -0.2) is 39.0 Å². The van der Waals surface area contributed by atoms with Crippen LogP contribution >= 0.6 is 11.8 Å². The van der Waals surface area contributed by atoms with E-state index < -0.39 is 0 Å². The molecule has 1 aromatic heterocycles. The minimum absolute atomic E-state index is 0.0478. The first-order chi connectivity index (χ1) is 15.0. The molecule has 3 aromatic rings. The van der Waals surface area contributed by atoms with Gasteiger partial charge in [-0.25, -0.2) is 14.5 Å². The second kappa shape index (κ2) is 8.92. The van der Waals surface area contributed by atoms with Gasteiger partial charge >= 0.3 is 0 Å². The van der Waals surface area contributed by atoms with Crippen molar-refractivity contribution >= 4 is 35.0 Å². The Morgan fingerprint density at radius 3 is 2.81 bits per heavy atom. The Morgan fingerprint density at radius 2 is 2.00 bits per heavy atom. The summed E-state index contributed by atoms with van der Waals surface area (Å²) in [5.41, 5.74) is 4.77. The van der Waals surface area contributed by atoms with Gasteiger partial charge in [0, 0.05) is 11.3 Å². The molecule has 0 radical (unpaired) electrons. The van der Waals surface area contributed by atoms with E-state index in [1.54, 1.807) is 0 Å². The molecule has 4 N–H and O–H groups in total. The highest BCUT2D eigenvalue weighted by atomic mass is 32.2. The molecule has 31 heavy (non-hydrogen) atoms. The van der Waals surface area contributed by atoms with Crippen molar-refractivity contribution in [3.8, 4) is 11.5 Å². The molecular formula is C19H18FN7O3S. The standard InChI is InChI=1S/C19H18FN7O3S/c1-11(12-2-7-15-16(8-12)30-10-29-15)23-24-18-25-26-19(27(18)21)31-9-17(28)22-14-5-3-13(20)4-6-14/h2-8H,9-10,21H2,1H3,(H,22,28)(H,24,25)/b23-11+. The maximum atomic E-state index is 12.9. The predicted octanol–water partition coefficient (Wildman–Crippen LogP) is 2.43. The summed E-state index contributed by atoms with van der Waals surface area (Å²) in [7, 11) is 0. The first kappa shape index (κ1) is 20.5. The van der Waals surface area contributed by atoms with E-state index in [4.69, 9.17) is 15.3 Å². The summed E-state index contributed by atoms with van der Waals surface area (Å²) >= 11 is 1.10. The fourth-order valence-electron chi connectivity index (χ4n) is 2.63. The van der Waals surface area contributed by atoms with Gasteiger partial charge in [-0.2, -0.15) is 5.10 Å². The molecule has 0 fully saturated rings. The SMILES string of the molecule is C/C(=N\Nc1nnc(SCC(=O)Nc2ccc(F)cc2)n1N)c1ccc2c(c1)OCO2. The van der Waals surface area contributed by atoms with Crippen LogP contribution in [0.4, 0.5) is 16.0 Å². The zero-order chi connectivity index (χ0) is 21.8. The van der Waals surface area contributed by atoms with E-state index in [1.807, 2.05) is 25.1 Å². The topological polar surface area (TPSA) is 129 Å². The second-order valence-corrected chi connectivity index (χ2v) is 7.34. The molecule has 0 aliphatic carbocycles. The Morgan fingerprint density at radius 1 is 1.23 bits per heavy atom. The van der Waals surface area contributed by atoms with Gasteiger partial charge in [0.1, 0.15) is 5.82 Å². The van der Waals surface area contributed by atoms with E-state index in [-0.39, 0.29) is 30.2 Å². The van der Waals surface area contributed by atoms with E-state index in [2.05, 4.69) is 26.0 Å². The number of ether oxygens (including phenoxy) is 2. The second-order valence-electron chi connectivity index (χ2n) is 6.40. The number of rotatable bonds is 7. The van der Waals surface area contributed by atoms with Gasteiger partial charge < -0.3 is 20.6 Å². The molecule has 12 heteroatoms. The average Bonchev–Trinajstić information content (AvgIpc) is 3.38. The minimum Gasteiger partial charge on any atom is -0.454 e. The van der Waals surface area contributed by atoms with Crippen LogP contribution in [0.2, 0.25) is 0 Å². The van der Waals surface area contributed by atoms with Gasteiger partial charge in [0.25, 0.3) is 5.95 Å². The normalized spacial score (nSPS) is 12.6. The first-order valence-electron chi connectivity index (χ1n) is 9.08. The number of hydrogen-bond donors (Lipinski definition) is 3. The molecule has 1 amide bonds. The monoisotopic (exact) mass is 443 g/mol. The van der Waals surface area contributed by atoms with E-state index in [0.29, 0.717) is 28.1 Å². The number of anilines is 2. The van der Waals surface area contributed by atoms with Crippen molar-refractivity contribution in [1.82, 2.24) is 14.9 Å². The third-order valence-corrected chi connectivity index (χ3v) is 5.18. The molecule has 1 aliphatic heterocycles. The summed E-state index contributed by atoms with van der Waals surface area (Å²) in [4.78, 5) is 12.1. The number of nitrogens with two attached hydrogens (primary N) is 1. The van der Waals surface area contributed by atoms with Crippen molar-refractivity contribution < 1.29 is 18.7 Å². The van der Waals surface area contributed by atoms with Crippen LogP contribution < -0.4 is 26.1 Å². The van der Waals surface area contributed by atoms with Crippen LogP contribution in [-0.2, 0) is 4.79 Å².